The second kappa shape index (κ2) is 3.18. The van der Waals surface area contributed by atoms with Crippen molar-refractivity contribution in [2.75, 3.05) is 13.7 Å². The fraction of sp³-hybridized carbons (Fsp3) is 1.00. The number of rotatable bonds is 3. The molecular formula is C7H14O2. The van der Waals surface area contributed by atoms with Crippen LogP contribution in [-0.2, 0) is 4.74 Å². The van der Waals surface area contributed by atoms with Crippen molar-refractivity contribution in [3.63, 3.8) is 0 Å². The minimum Gasteiger partial charge on any atom is -0.394 e. The average Bonchev–Trinajstić information content (AvgIpc) is 1.78. The molecule has 2 nitrogen and oxygen atoms in total. The summed E-state index contributed by atoms with van der Waals surface area (Å²) in [4.78, 5) is 0. The smallest absolute Gasteiger partial charge is 0.0830 e. The van der Waals surface area contributed by atoms with Crippen LogP contribution < -0.4 is 0 Å². The molecule has 0 aromatic carbocycles. The molecule has 0 aliphatic heterocycles. The zero-order valence-corrected chi connectivity index (χ0v) is 5.84. The van der Waals surface area contributed by atoms with Crippen molar-refractivity contribution in [3.8, 4) is 0 Å². The van der Waals surface area contributed by atoms with Crippen LogP contribution in [0.4, 0.5) is 0 Å². The molecule has 1 fully saturated rings. The van der Waals surface area contributed by atoms with Crippen LogP contribution >= 0.6 is 0 Å². The second-order valence-electron chi connectivity index (χ2n) is 2.65. The number of hydrogen-bond acceptors (Lipinski definition) is 2. The lowest BCUT2D eigenvalue weighted by Gasteiger charge is -2.31. The first-order valence-corrected chi connectivity index (χ1v) is 3.52. The standard InChI is InChI=1S/C7H14O2/c1-9-7(5-8)6-3-2-4-6/h6-8H,2-5H2,1H3. The topological polar surface area (TPSA) is 29.5 Å². The normalized spacial score (nSPS) is 23.3. The van der Waals surface area contributed by atoms with E-state index in [2.05, 4.69) is 0 Å². The third-order valence-electron chi connectivity index (χ3n) is 2.16. The molecule has 1 rings (SSSR count). The first-order valence-electron chi connectivity index (χ1n) is 3.52. The molecule has 0 heterocycles. The maximum Gasteiger partial charge on any atom is 0.0830 e. The fourth-order valence-corrected chi connectivity index (χ4v) is 1.23. The minimum atomic E-state index is 0.110. The average molecular weight is 130 g/mol. The Labute approximate surface area is 55.8 Å². The monoisotopic (exact) mass is 130 g/mol. The van der Waals surface area contributed by atoms with E-state index in [4.69, 9.17) is 9.84 Å². The Hall–Kier alpha value is -0.0800. The molecule has 0 radical (unpaired) electrons. The molecular weight excluding hydrogens is 116 g/mol. The summed E-state index contributed by atoms with van der Waals surface area (Å²) < 4.78 is 5.05. The van der Waals surface area contributed by atoms with Crippen LogP contribution in [0.3, 0.4) is 0 Å². The van der Waals surface area contributed by atoms with Gasteiger partial charge in [-0.25, -0.2) is 0 Å². The number of methoxy groups -OCH3 is 1. The third-order valence-corrected chi connectivity index (χ3v) is 2.16. The zero-order chi connectivity index (χ0) is 6.69. The summed E-state index contributed by atoms with van der Waals surface area (Å²) in [5.41, 5.74) is 0. The van der Waals surface area contributed by atoms with Gasteiger partial charge in [0.25, 0.3) is 0 Å². The summed E-state index contributed by atoms with van der Waals surface area (Å²) in [6.07, 6.45) is 3.89. The van der Waals surface area contributed by atoms with E-state index in [1.165, 1.54) is 19.3 Å². The summed E-state index contributed by atoms with van der Waals surface area (Å²) in [7, 11) is 1.67. The number of hydrogen-bond donors (Lipinski definition) is 1. The molecule has 1 N–H and O–H groups in total. The van der Waals surface area contributed by atoms with Crippen LogP contribution in [0, 0.1) is 5.92 Å². The predicted molar refractivity (Wildman–Crippen MR) is 35.2 cm³/mol. The van der Waals surface area contributed by atoms with E-state index in [1.807, 2.05) is 0 Å². The molecule has 2 heteroatoms. The Balaban J connectivity index is 2.19. The highest BCUT2D eigenvalue weighted by atomic mass is 16.5. The summed E-state index contributed by atoms with van der Waals surface area (Å²) in [6.45, 7) is 0.182. The lowest BCUT2D eigenvalue weighted by atomic mass is 9.81. The first-order chi connectivity index (χ1) is 4.38. The van der Waals surface area contributed by atoms with Gasteiger partial charge in [0.15, 0.2) is 0 Å². The Morgan fingerprint density at radius 1 is 1.67 bits per heavy atom. The van der Waals surface area contributed by atoms with Gasteiger partial charge in [0, 0.05) is 7.11 Å². The summed E-state index contributed by atoms with van der Waals surface area (Å²) in [5.74, 6) is 0.639. The predicted octanol–water partition coefficient (Wildman–Crippen LogP) is 0.794. The Bertz CT molecular complexity index is 75.0. The van der Waals surface area contributed by atoms with E-state index in [0.29, 0.717) is 5.92 Å². The van der Waals surface area contributed by atoms with Gasteiger partial charge in [-0.05, 0) is 18.8 Å². The van der Waals surface area contributed by atoms with Crippen molar-refractivity contribution >= 4 is 0 Å². The van der Waals surface area contributed by atoms with E-state index in [0.717, 1.165) is 0 Å². The van der Waals surface area contributed by atoms with Crippen LogP contribution in [0.1, 0.15) is 19.3 Å². The highest BCUT2D eigenvalue weighted by Crippen LogP contribution is 2.30. The fourth-order valence-electron chi connectivity index (χ4n) is 1.23. The van der Waals surface area contributed by atoms with Crippen LogP contribution in [0.5, 0.6) is 0 Å². The molecule has 1 aliphatic carbocycles. The summed E-state index contributed by atoms with van der Waals surface area (Å²) in [5, 5.41) is 8.74. The number of ether oxygens (including phenoxy) is 1. The third kappa shape index (κ3) is 1.43. The molecule has 1 atom stereocenters. The zero-order valence-electron chi connectivity index (χ0n) is 5.84. The summed E-state index contributed by atoms with van der Waals surface area (Å²) in [6, 6.07) is 0. The van der Waals surface area contributed by atoms with E-state index in [9.17, 15) is 0 Å². The highest BCUT2D eigenvalue weighted by molar-refractivity contribution is 4.77. The van der Waals surface area contributed by atoms with Crippen molar-refractivity contribution < 1.29 is 9.84 Å². The van der Waals surface area contributed by atoms with Crippen LogP contribution in [0.25, 0.3) is 0 Å². The molecule has 0 saturated heterocycles. The lowest BCUT2D eigenvalue weighted by molar-refractivity contribution is -0.0177. The van der Waals surface area contributed by atoms with Gasteiger partial charge in [0.2, 0.25) is 0 Å². The van der Waals surface area contributed by atoms with Crippen molar-refractivity contribution in [1.29, 1.82) is 0 Å². The molecule has 0 spiro atoms. The van der Waals surface area contributed by atoms with Crippen LogP contribution in [0.2, 0.25) is 0 Å². The van der Waals surface area contributed by atoms with Gasteiger partial charge >= 0.3 is 0 Å². The number of aliphatic hydroxyl groups is 1. The highest BCUT2D eigenvalue weighted by Gasteiger charge is 2.26. The molecule has 1 aliphatic rings. The van der Waals surface area contributed by atoms with Gasteiger partial charge in [-0.1, -0.05) is 6.42 Å². The van der Waals surface area contributed by atoms with Crippen molar-refractivity contribution in [3.05, 3.63) is 0 Å². The molecule has 1 saturated carbocycles. The molecule has 0 aromatic heterocycles. The van der Waals surface area contributed by atoms with Crippen molar-refractivity contribution in [2.24, 2.45) is 5.92 Å². The molecule has 9 heavy (non-hydrogen) atoms. The largest absolute Gasteiger partial charge is 0.394 e. The second-order valence-corrected chi connectivity index (χ2v) is 2.65. The van der Waals surface area contributed by atoms with Gasteiger partial charge in [-0.15, -0.1) is 0 Å². The van der Waals surface area contributed by atoms with Gasteiger partial charge in [0.05, 0.1) is 12.7 Å². The quantitative estimate of drug-likeness (QED) is 0.612. The molecule has 0 aromatic rings. The van der Waals surface area contributed by atoms with Gasteiger partial charge in [-0.3, -0.25) is 0 Å². The van der Waals surface area contributed by atoms with Crippen LogP contribution in [-0.4, -0.2) is 24.9 Å². The Kier molecular flexibility index (Phi) is 2.49. The molecule has 0 bridgehead atoms. The Morgan fingerprint density at radius 2 is 2.33 bits per heavy atom. The molecule has 54 valence electrons. The van der Waals surface area contributed by atoms with E-state index < -0.39 is 0 Å². The van der Waals surface area contributed by atoms with Crippen molar-refractivity contribution in [2.45, 2.75) is 25.4 Å². The molecule has 0 amide bonds. The van der Waals surface area contributed by atoms with E-state index in [1.54, 1.807) is 7.11 Å². The van der Waals surface area contributed by atoms with E-state index >= 15 is 0 Å². The van der Waals surface area contributed by atoms with Crippen LogP contribution in [0.15, 0.2) is 0 Å². The minimum absolute atomic E-state index is 0.110. The Morgan fingerprint density at radius 3 is 2.44 bits per heavy atom. The van der Waals surface area contributed by atoms with Gasteiger partial charge < -0.3 is 9.84 Å². The van der Waals surface area contributed by atoms with Gasteiger partial charge in [0.1, 0.15) is 0 Å². The first kappa shape index (κ1) is 7.03. The van der Waals surface area contributed by atoms with E-state index in [-0.39, 0.29) is 12.7 Å². The van der Waals surface area contributed by atoms with Gasteiger partial charge in [-0.2, -0.15) is 0 Å². The summed E-state index contributed by atoms with van der Waals surface area (Å²) >= 11 is 0. The maximum atomic E-state index is 8.74. The SMILES string of the molecule is COC(CO)C1CCC1. The number of aliphatic hydroxyl groups excluding tert-OH is 1. The lowest BCUT2D eigenvalue weighted by Crippen LogP contribution is -2.31. The molecule has 1 unspecified atom stereocenters. The van der Waals surface area contributed by atoms with Crippen molar-refractivity contribution in [1.82, 2.24) is 0 Å². The maximum absolute atomic E-state index is 8.74.